The molecular formula is C20H17NO5. The van der Waals surface area contributed by atoms with E-state index in [9.17, 15) is 9.59 Å². The molecule has 0 saturated carbocycles. The number of rotatable bonds is 4. The molecule has 26 heavy (non-hydrogen) atoms. The quantitative estimate of drug-likeness (QED) is 0.574. The average molecular weight is 351 g/mol. The molecule has 3 aromatic rings. The number of nitrogens with one attached hydrogen (secondary N) is 1. The van der Waals surface area contributed by atoms with Crippen LogP contribution in [0.15, 0.2) is 64.0 Å². The van der Waals surface area contributed by atoms with Gasteiger partial charge in [-0.05, 0) is 43.7 Å². The first-order chi connectivity index (χ1) is 12.7. The van der Waals surface area contributed by atoms with Crippen LogP contribution >= 0.6 is 0 Å². The molecule has 4 rings (SSSR count). The Morgan fingerprint density at radius 1 is 1.12 bits per heavy atom. The van der Waals surface area contributed by atoms with Gasteiger partial charge in [-0.1, -0.05) is 18.2 Å². The van der Waals surface area contributed by atoms with Gasteiger partial charge in [-0.15, -0.1) is 0 Å². The van der Waals surface area contributed by atoms with Crippen molar-refractivity contribution in [3.8, 4) is 17.2 Å². The summed E-state index contributed by atoms with van der Waals surface area (Å²) in [5.41, 5.74) is 0.0468. The second kappa shape index (κ2) is 7.01. The summed E-state index contributed by atoms with van der Waals surface area (Å²) in [5.74, 6) is 0.668. The number of hydrogen-bond acceptors (Lipinski definition) is 6. The van der Waals surface area contributed by atoms with E-state index in [0.717, 1.165) is 19.4 Å². The highest BCUT2D eigenvalue weighted by molar-refractivity contribution is 5.82. The van der Waals surface area contributed by atoms with Crippen molar-refractivity contribution < 1.29 is 18.7 Å². The van der Waals surface area contributed by atoms with Crippen LogP contribution in [0.1, 0.15) is 12.8 Å². The number of hydrogen-bond donors (Lipinski definition) is 1. The third-order valence-corrected chi connectivity index (χ3v) is 4.25. The molecule has 1 aromatic heterocycles. The van der Waals surface area contributed by atoms with Crippen LogP contribution in [0, 0.1) is 0 Å². The van der Waals surface area contributed by atoms with Gasteiger partial charge >= 0.3 is 5.97 Å². The topological polar surface area (TPSA) is 77.8 Å². The van der Waals surface area contributed by atoms with E-state index in [1.54, 1.807) is 24.3 Å². The zero-order chi connectivity index (χ0) is 17.9. The van der Waals surface area contributed by atoms with Crippen molar-refractivity contribution >= 4 is 16.9 Å². The van der Waals surface area contributed by atoms with E-state index < -0.39 is 0 Å². The summed E-state index contributed by atoms with van der Waals surface area (Å²) in [6, 6.07) is 13.4. The fourth-order valence-electron chi connectivity index (χ4n) is 2.91. The second-order valence-electron chi connectivity index (χ2n) is 6.07. The standard InChI is InChI=1S/C20H17NO5/c22-19-15-9-8-14(26-20(23)16-7-4-10-21-16)11-17(15)24-12-18(19)25-13-5-2-1-3-6-13/h1-3,5-6,8-9,11-12,16,21H,4,7,10H2/t16-/m0/s1. The van der Waals surface area contributed by atoms with Crippen LogP contribution in [-0.4, -0.2) is 18.6 Å². The molecule has 0 radical (unpaired) electrons. The molecule has 0 bridgehead atoms. The van der Waals surface area contributed by atoms with Gasteiger partial charge in [-0.3, -0.25) is 4.79 Å². The first-order valence-corrected chi connectivity index (χ1v) is 8.44. The molecule has 6 nitrogen and oxygen atoms in total. The molecule has 1 aliphatic rings. The van der Waals surface area contributed by atoms with Gasteiger partial charge in [0.2, 0.25) is 11.2 Å². The monoisotopic (exact) mass is 351 g/mol. The minimum Gasteiger partial charge on any atom is -0.460 e. The summed E-state index contributed by atoms with van der Waals surface area (Å²) >= 11 is 0. The minimum atomic E-state index is -0.326. The summed E-state index contributed by atoms with van der Waals surface area (Å²) < 4.78 is 16.5. The minimum absolute atomic E-state index is 0.101. The smallest absolute Gasteiger partial charge is 0.328 e. The van der Waals surface area contributed by atoms with E-state index in [1.807, 2.05) is 18.2 Å². The fraction of sp³-hybridized carbons (Fsp3) is 0.200. The highest BCUT2D eigenvalue weighted by Crippen LogP contribution is 2.24. The van der Waals surface area contributed by atoms with Crippen LogP contribution in [0.25, 0.3) is 11.0 Å². The van der Waals surface area contributed by atoms with E-state index in [1.165, 1.54) is 12.3 Å². The third-order valence-electron chi connectivity index (χ3n) is 4.25. The van der Waals surface area contributed by atoms with Crippen molar-refractivity contribution in [1.82, 2.24) is 5.32 Å². The van der Waals surface area contributed by atoms with Crippen molar-refractivity contribution in [3.05, 3.63) is 65.0 Å². The van der Waals surface area contributed by atoms with Gasteiger partial charge in [0, 0.05) is 6.07 Å². The van der Waals surface area contributed by atoms with Gasteiger partial charge in [0.15, 0.2) is 0 Å². The molecule has 6 heteroatoms. The Balaban J connectivity index is 1.58. The van der Waals surface area contributed by atoms with E-state index in [-0.39, 0.29) is 23.2 Å². The molecule has 1 N–H and O–H groups in total. The zero-order valence-corrected chi connectivity index (χ0v) is 13.9. The number of fused-ring (bicyclic) bond motifs is 1. The first kappa shape index (κ1) is 16.4. The lowest BCUT2D eigenvalue weighted by molar-refractivity contribution is -0.136. The van der Waals surface area contributed by atoms with Crippen LogP contribution < -0.4 is 20.2 Å². The molecule has 0 amide bonds. The number of carbonyl (C=O) groups excluding carboxylic acids is 1. The summed E-state index contributed by atoms with van der Waals surface area (Å²) in [6.45, 7) is 0.816. The van der Waals surface area contributed by atoms with E-state index in [0.29, 0.717) is 22.5 Å². The Bertz CT molecular complexity index is 990. The number of carbonyl (C=O) groups is 1. The van der Waals surface area contributed by atoms with Crippen LogP contribution in [0.3, 0.4) is 0 Å². The lowest BCUT2D eigenvalue weighted by Crippen LogP contribution is -2.34. The van der Waals surface area contributed by atoms with Crippen molar-refractivity contribution in [2.75, 3.05) is 6.54 Å². The molecule has 0 aliphatic carbocycles. The molecule has 0 unspecified atom stereocenters. The number of esters is 1. The van der Waals surface area contributed by atoms with E-state index in [2.05, 4.69) is 5.32 Å². The summed E-state index contributed by atoms with van der Waals surface area (Å²) in [4.78, 5) is 24.7. The zero-order valence-electron chi connectivity index (χ0n) is 13.9. The van der Waals surface area contributed by atoms with Gasteiger partial charge in [0.1, 0.15) is 29.4 Å². The predicted molar refractivity (Wildman–Crippen MR) is 95.7 cm³/mol. The third kappa shape index (κ3) is 3.32. The first-order valence-electron chi connectivity index (χ1n) is 8.44. The number of para-hydroxylation sites is 1. The Morgan fingerprint density at radius 3 is 2.73 bits per heavy atom. The lowest BCUT2D eigenvalue weighted by atomic mass is 10.2. The molecule has 2 heterocycles. The molecule has 1 fully saturated rings. The fourth-order valence-corrected chi connectivity index (χ4v) is 2.91. The van der Waals surface area contributed by atoms with Crippen molar-refractivity contribution in [3.63, 3.8) is 0 Å². The van der Waals surface area contributed by atoms with E-state index in [4.69, 9.17) is 13.9 Å². The highest BCUT2D eigenvalue weighted by atomic mass is 16.5. The maximum Gasteiger partial charge on any atom is 0.328 e. The number of ether oxygens (including phenoxy) is 2. The van der Waals surface area contributed by atoms with Gasteiger partial charge < -0.3 is 19.2 Å². The Morgan fingerprint density at radius 2 is 1.96 bits per heavy atom. The summed E-state index contributed by atoms with van der Waals surface area (Å²) in [6.07, 6.45) is 2.99. The van der Waals surface area contributed by atoms with Crippen LogP contribution in [0.5, 0.6) is 17.2 Å². The van der Waals surface area contributed by atoms with Crippen molar-refractivity contribution in [2.24, 2.45) is 0 Å². The Kier molecular flexibility index (Phi) is 4.41. The Hall–Kier alpha value is -3.12. The van der Waals surface area contributed by atoms with Crippen molar-refractivity contribution in [2.45, 2.75) is 18.9 Å². The van der Waals surface area contributed by atoms with Crippen molar-refractivity contribution in [1.29, 1.82) is 0 Å². The number of benzene rings is 2. The van der Waals surface area contributed by atoms with E-state index >= 15 is 0 Å². The molecule has 1 atom stereocenters. The summed E-state index contributed by atoms with van der Waals surface area (Å²) in [5, 5.41) is 3.45. The van der Waals surface area contributed by atoms with Crippen LogP contribution in [0.4, 0.5) is 0 Å². The molecule has 2 aromatic carbocycles. The van der Waals surface area contributed by atoms with Gasteiger partial charge in [0.25, 0.3) is 0 Å². The highest BCUT2D eigenvalue weighted by Gasteiger charge is 2.24. The Labute approximate surface area is 149 Å². The van der Waals surface area contributed by atoms with Gasteiger partial charge in [-0.2, -0.15) is 0 Å². The van der Waals surface area contributed by atoms with Gasteiger partial charge in [0.05, 0.1) is 5.39 Å². The lowest BCUT2D eigenvalue weighted by Gasteiger charge is -2.10. The predicted octanol–water partition coefficient (Wildman–Crippen LogP) is 3.24. The summed E-state index contributed by atoms with van der Waals surface area (Å²) in [7, 11) is 0. The normalized spacial score (nSPS) is 16.5. The molecule has 1 saturated heterocycles. The van der Waals surface area contributed by atoms with Crippen LogP contribution in [0.2, 0.25) is 0 Å². The molecular weight excluding hydrogens is 334 g/mol. The maximum absolute atomic E-state index is 12.6. The average Bonchev–Trinajstić information content (AvgIpc) is 3.20. The SMILES string of the molecule is O=C(Oc1ccc2c(=O)c(Oc3ccccc3)coc2c1)[C@@H]1CCCN1. The second-order valence-corrected chi connectivity index (χ2v) is 6.07. The maximum atomic E-state index is 12.6. The molecule has 1 aliphatic heterocycles. The molecule has 0 spiro atoms. The van der Waals surface area contributed by atoms with Crippen LogP contribution in [-0.2, 0) is 4.79 Å². The largest absolute Gasteiger partial charge is 0.460 e. The van der Waals surface area contributed by atoms with Gasteiger partial charge in [-0.25, -0.2) is 4.79 Å². The molecule has 132 valence electrons.